The van der Waals surface area contributed by atoms with Gasteiger partial charge in [-0.15, -0.1) is 0 Å². The van der Waals surface area contributed by atoms with Crippen LogP contribution in [-0.2, 0) is 16.1 Å². The fraction of sp³-hybridized carbons (Fsp3) is 0.310. The number of benzene rings is 3. The molecule has 2 atom stereocenters. The molecule has 0 bridgehead atoms. The Morgan fingerprint density at radius 1 is 0.923 bits per heavy atom. The van der Waals surface area contributed by atoms with E-state index in [4.69, 9.17) is 0 Å². The molecule has 10 heteroatoms. The number of carboxylic acid groups (broad SMARTS) is 1. The average Bonchev–Trinajstić information content (AvgIpc) is 3.11. The van der Waals surface area contributed by atoms with Crippen LogP contribution < -0.4 is 10.6 Å². The third-order valence-corrected chi connectivity index (χ3v) is 6.67. The van der Waals surface area contributed by atoms with Gasteiger partial charge >= 0.3 is 5.97 Å². The van der Waals surface area contributed by atoms with E-state index < -0.39 is 47.4 Å². The third kappa shape index (κ3) is 6.28. The molecule has 1 aliphatic heterocycles. The van der Waals surface area contributed by atoms with Crippen molar-refractivity contribution in [3.8, 4) is 0 Å². The van der Waals surface area contributed by atoms with Crippen LogP contribution in [0.4, 0.5) is 8.78 Å². The second kappa shape index (κ2) is 11.7. The zero-order valence-electron chi connectivity index (χ0n) is 21.5. The lowest BCUT2D eigenvalue weighted by molar-refractivity contribution is -0.140. The van der Waals surface area contributed by atoms with E-state index in [1.165, 1.54) is 6.07 Å². The van der Waals surface area contributed by atoms with Crippen molar-refractivity contribution in [1.29, 1.82) is 0 Å². The van der Waals surface area contributed by atoms with Gasteiger partial charge in [-0.3, -0.25) is 29.4 Å². The molecule has 0 fully saturated rings. The Hall–Kier alpha value is -4.18. The Morgan fingerprint density at radius 2 is 1.54 bits per heavy atom. The van der Waals surface area contributed by atoms with E-state index in [0.717, 1.165) is 21.7 Å². The molecule has 39 heavy (non-hydrogen) atoms. The minimum atomic E-state index is -1.25. The molecule has 3 aromatic rings. The Bertz CT molecular complexity index is 1390. The van der Waals surface area contributed by atoms with Crippen molar-refractivity contribution in [2.24, 2.45) is 5.92 Å². The fourth-order valence-electron chi connectivity index (χ4n) is 4.65. The van der Waals surface area contributed by atoms with Crippen LogP contribution in [0.25, 0.3) is 10.8 Å². The summed E-state index contributed by atoms with van der Waals surface area (Å²) in [5.74, 6) is -4.32. The highest BCUT2D eigenvalue weighted by atomic mass is 19.1. The number of fused-ring (bicyclic) bond motifs is 2. The Kier molecular flexibility index (Phi) is 8.35. The first-order chi connectivity index (χ1) is 18.5. The predicted octanol–water partition coefficient (Wildman–Crippen LogP) is 3.88. The molecule has 0 spiro atoms. The SMILES string of the molecule is CC(C)C[C@H](N[C@H](CCN1C(=O)c2cc3ccccc3cc2C1=O)C(=O)O)C(=O)NCc1ccc(F)cc1F. The van der Waals surface area contributed by atoms with Gasteiger partial charge in [0.1, 0.15) is 17.7 Å². The van der Waals surface area contributed by atoms with Gasteiger partial charge in [-0.05, 0) is 47.7 Å². The number of rotatable bonds is 11. The molecule has 0 aromatic heterocycles. The minimum Gasteiger partial charge on any atom is -0.480 e. The number of carbonyl (C=O) groups excluding carboxylic acids is 3. The number of aliphatic carboxylic acids is 1. The molecule has 1 heterocycles. The second-order valence-electron chi connectivity index (χ2n) is 9.99. The van der Waals surface area contributed by atoms with E-state index in [0.29, 0.717) is 6.07 Å². The van der Waals surface area contributed by atoms with Gasteiger partial charge in [0.2, 0.25) is 5.91 Å². The van der Waals surface area contributed by atoms with Gasteiger partial charge in [0.25, 0.3) is 11.8 Å². The first-order valence-corrected chi connectivity index (χ1v) is 12.6. The van der Waals surface area contributed by atoms with Crippen molar-refractivity contribution in [2.75, 3.05) is 6.54 Å². The lowest BCUT2D eigenvalue weighted by atomic mass is 10.0. The molecule has 8 nitrogen and oxygen atoms in total. The number of hydrogen-bond acceptors (Lipinski definition) is 5. The molecule has 0 radical (unpaired) electrons. The van der Waals surface area contributed by atoms with Crippen molar-refractivity contribution in [2.45, 2.75) is 45.3 Å². The zero-order valence-corrected chi connectivity index (χ0v) is 21.5. The van der Waals surface area contributed by atoms with Crippen LogP contribution in [0.5, 0.6) is 0 Å². The minimum absolute atomic E-state index is 0.00983. The monoisotopic (exact) mass is 537 g/mol. The molecule has 1 aliphatic rings. The molecule has 3 amide bonds. The third-order valence-electron chi connectivity index (χ3n) is 6.67. The largest absolute Gasteiger partial charge is 0.480 e. The maximum absolute atomic E-state index is 14.0. The van der Waals surface area contributed by atoms with Gasteiger partial charge in [0, 0.05) is 24.7 Å². The van der Waals surface area contributed by atoms with Gasteiger partial charge in [-0.2, -0.15) is 0 Å². The number of halogens is 2. The summed E-state index contributed by atoms with van der Waals surface area (Å²) in [6.45, 7) is 3.35. The summed E-state index contributed by atoms with van der Waals surface area (Å²) in [5, 5.41) is 16.9. The van der Waals surface area contributed by atoms with Crippen molar-refractivity contribution in [3.63, 3.8) is 0 Å². The maximum Gasteiger partial charge on any atom is 0.320 e. The van der Waals surface area contributed by atoms with Crippen LogP contribution >= 0.6 is 0 Å². The number of nitrogens with one attached hydrogen (secondary N) is 2. The zero-order chi connectivity index (χ0) is 28.3. The first kappa shape index (κ1) is 27.8. The molecule has 0 aliphatic carbocycles. The van der Waals surface area contributed by atoms with Crippen LogP contribution in [0, 0.1) is 17.6 Å². The first-order valence-electron chi connectivity index (χ1n) is 12.6. The van der Waals surface area contributed by atoms with Gasteiger partial charge in [-0.25, -0.2) is 8.78 Å². The molecule has 204 valence electrons. The highest BCUT2D eigenvalue weighted by Crippen LogP contribution is 2.28. The number of imide groups is 1. The predicted molar refractivity (Wildman–Crippen MR) is 140 cm³/mol. The summed E-state index contributed by atoms with van der Waals surface area (Å²) >= 11 is 0. The van der Waals surface area contributed by atoms with Crippen LogP contribution in [0.2, 0.25) is 0 Å². The summed E-state index contributed by atoms with van der Waals surface area (Å²) in [5.41, 5.74) is 0.619. The van der Waals surface area contributed by atoms with Crippen molar-refractivity contribution >= 4 is 34.5 Å². The van der Waals surface area contributed by atoms with Crippen molar-refractivity contribution in [1.82, 2.24) is 15.5 Å². The van der Waals surface area contributed by atoms with Gasteiger partial charge in [0.05, 0.1) is 17.2 Å². The van der Waals surface area contributed by atoms with E-state index in [-0.39, 0.29) is 48.5 Å². The number of nitrogens with zero attached hydrogens (tertiary/aromatic N) is 1. The molecule has 3 aromatic carbocycles. The average molecular weight is 538 g/mol. The van der Waals surface area contributed by atoms with Crippen molar-refractivity contribution < 1.29 is 33.1 Å². The maximum atomic E-state index is 14.0. The molecule has 0 saturated heterocycles. The van der Waals surface area contributed by atoms with E-state index in [9.17, 15) is 33.1 Å². The number of carbonyl (C=O) groups is 4. The van der Waals surface area contributed by atoms with E-state index in [2.05, 4.69) is 10.6 Å². The second-order valence-corrected chi connectivity index (χ2v) is 9.99. The summed E-state index contributed by atoms with van der Waals surface area (Å²) in [7, 11) is 0. The van der Waals surface area contributed by atoms with E-state index in [1.807, 2.05) is 38.1 Å². The summed E-state index contributed by atoms with van der Waals surface area (Å²) < 4.78 is 27.1. The molecule has 3 N–H and O–H groups in total. The molecule has 0 saturated carbocycles. The molecule has 0 unspecified atom stereocenters. The summed E-state index contributed by atoms with van der Waals surface area (Å²) in [4.78, 5) is 52.0. The highest BCUT2D eigenvalue weighted by Gasteiger charge is 2.37. The van der Waals surface area contributed by atoms with Crippen LogP contribution in [0.3, 0.4) is 0 Å². The smallest absolute Gasteiger partial charge is 0.320 e. The topological polar surface area (TPSA) is 116 Å². The standard InChI is InChI=1S/C29H29F2N3O5/c1-16(2)11-25(26(35)32-15-19-7-8-20(30)14-23(19)31)33-24(29(38)39)9-10-34-27(36)21-12-17-5-3-4-6-18(17)13-22(21)28(34)37/h3-8,12-14,16,24-25,33H,9-11,15H2,1-2H3,(H,32,35)(H,38,39)/t24-,25+/m1/s1. The van der Waals surface area contributed by atoms with Crippen molar-refractivity contribution in [3.05, 3.63) is 82.9 Å². The van der Waals surface area contributed by atoms with Crippen LogP contribution in [0.15, 0.2) is 54.6 Å². The van der Waals surface area contributed by atoms with Gasteiger partial charge < -0.3 is 10.4 Å². The van der Waals surface area contributed by atoms with Gasteiger partial charge in [0.15, 0.2) is 0 Å². The number of amides is 3. The molecular weight excluding hydrogens is 508 g/mol. The molecule has 4 rings (SSSR count). The van der Waals surface area contributed by atoms with Gasteiger partial charge in [-0.1, -0.05) is 44.2 Å². The lowest BCUT2D eigenvalue weighted by Crippen LogP contribution is -2.52. The Morgan fingerprint density at radius 3 is 2.08 bits per heavy atom. The Balaban J connectivity index is 1.44. The van der Waals surface area contributed by atoms with E-state index in [1.54, 1.807) is 12.1 Å². The van der Waals surface area contributed by atoms with Crippen LogP contribution in [-0.4, -0.2) is 52.3 Å². The highest BCUT2D eigenvalue weighted by molar-refractivity contribution is 6.23. The summed E-state index contributed by atoms with van der Waals surface area (Å²) in [6, 6.07) is 11.5. The fourth-order valence-corrected chi connectivity index (χ4v) is 4.65. The Labute approximate surface area is 224 Å². The summed E-state index contributed by atoms with van der Waals surface area (Å²) in [6.07, 6.45) is 0.149. The number of carboxylic acids is 1. The molecular formula is C29H29F2N3O5. The number of hydrogen-bond donors (Lipinski definition) is 3. The lowest BCUT2D eigenvalue weighted by Gasteiger charge is -2.25. The normalized spacial score (nSPS) is 14.5. The van der Waals surface area contributed by atoms with Crippen LogP contribution in [0.1, 0.15) is 53.0 Å². The quantitative estimate of drug-likeness (QED) is 0.320. The van der Waals surface area contributed by atoms with E-state index >= 15 is 0 Å².